The summed E-state index contributed by atoms with van der Waals surface area (Å²) in [5, 5.41) is 6.77. The zero-order chi connectivity index (χ0) is 16.1. The normalized spacial score (nSPS) is 11.0. The quantitative estimate of drug-likeness (QED) is 0.568. The smallest absolute Gasteiger partial charge is 0.244 e. The minimum atomic E-state index is -0.162. The summed E-state index contributed by atoms with van der Waals surface area (Å²) in [5.41, 5.74) is 4.29. The van der Waals surface area contributed by atoms with Crippen LogP contribution in [0.25, 0.3) is 10.8 Å². The number of hydrogen-bond acceptors (Lipinski definition) is 2. The Hall–Kier alpha value is -2.65. The Morgan fingerprint density at radius 3 is 2.61 bits per heavy atom. The molecule has 0 aliphatic rings. The highest BCUT2D eigenvalue weighted by molar-refractivity contribution is 6.33. The molecule has 0 radical (unpaired) electrons. The van der Waals surface area contributed by atoms with Crippen LogP contribution in [0.5, 0.6) is 0 Å². The number of carbonyl (C=O) groups excluding carboxylic acids is 1. The van der Waals surface area contributed by atoms with Gasteiger partial charge in [-0.3, -0.25) is 4.79 Å². The summed E-state index contributed by atoms with van der Waals surface area (Å²) < 4.78 is 0. The third-order valence-corrected chi connectivity index (χ3v) is 3.87. The Bertz CT molecular complexity index is 869. The van der Waals surface area contributed by atoms with Crippen LogP contribution in [0.1, 0.15) is 11.1 Å². The summed E-state index contributed by atoms with van der Waals surface area (Å²) in [6.45, 7) is 0. The van der Waals surface area contributed by atoms with Crippen LogP contribution in [0.4, 0.5) is 0 Å². The third-order valence-electron chi connectivity index (χ3n) is 3.53. The molecule has 0 spiro atoms. The van der Waals surface area contributed by atoms with Crippen molar-refractivity contribution < 1.29 is 4.79 Å². The van der Waals surface area contributed by atoms with Crippen LogP contribution in [0.15, 0.2) is 71.8 Å². The van der Waals surface area contributed by atoms with E-state index in [1.165, 1.54) is 0 Å². The molecule has 0 unspecified atom stereocenters. The van der Waals surface area contributed by atoms with Gasteiger partial charge in [0.05, 0.1) is 12.6 Å². The molecule has 0 atom stereocenters. The summed E-state index contributed by atoms with van der Waals surface area (Å²) in [6.07, 6.45) is 1.82. The van der Waals surface area contributed by atoms with Crippen molar-refractivity contribution in [3.8, 4) is 0 Å². The van der Waals surface area contributed by atoms with E-state index in [1.54, 1.807) is 12.3 Å². The molecular formula is C19H15ClN2O. The maximum Gasteiger partial charge on any atom is 0.244 e. The van der Waals surface area contributed by atoms with Crippen LogP contribution in [0, 0.1) is 0 Å². The largest absolute Gasteiger partial charge is 0.273 e. The van der Waals surface area contributed by atoms with Crippen LogP contribution < -0.4 is 5.43 Å². The monoisotopic (exact) mass is 322 g/mol. The van der Waals surface area contributed by atoms with Crippen molar-refractivity contribution in [3.05, 3.63) is 82.9 Å². The Morgan fingerprint density at radius 2 is 1.74 bits per heavy atom. The number of nitrogens with one attached hydrogen (secondary N) is 1. The van der Waals surface area contributed by atoms with Gasteiger partial charge in [0.2, 0.25) is 5.91 Å². The van der Waals surface area contributed by atoms with Crippen LogP contribution in [0.2, 0.25) is 5.02 Å². The van der Waals surface area contributed by atoms with E-state index in [0.717, 1.165) is 21.9 Å². The number of nitrogens with zero attached hydrogens (tertiary/aromatic N) is 1. The molecule has 4 heteroatoms. The number of hydrazone groups is 1. The Labute approximate surface area is 139 Å². The summed E-state index contributed by atoms with van der Waals surface area (Å²) in [4.78, 5) is 12.1. The lowest BCUT2D eigenvalue weighted by Gasteiger charge is -2.05. The van der Waals surface area contributed by atoms with E-state index in [-0.39, 0.29) is 12.3 Å². The molecule has 114 valence electrons. The van der Waals surface area contributed by atoms with E-state index in [4.69, 9.17) is 11.6 Å². The third kappa shape index (κ3) is 3.76. The molecular weight excluding hydrogens is 308 g/mol. The SMILES string of the molecule is O=C(Cc1cccc2ccccc12)NN=Cc1ccccc1Cl. The number of hydrogen-bond donors (Lipinski definition) is 1. The fourth-order valence-electron chi connectivity index (χ4n) is 2.41. The fourth-order valence-corrected chi connectivity index (χ4v) is 2.60. The van der Waals surface area contributed by atoms with Gasteiger partial charge in [0.25, 0.3) is 0 Å². The van der Waals surface area contributed by atoms with Crippen molar-refractivity contribution >= 4 is 34.5 Å². The van der Waals surface area contributed by atoms with Gasteiger partial charge in [0, 0.05) is 10.6 Å². The van der Waals surface area contributed by atoms with Crippen LogP contribution in [0.3, 0.4) is 0 Å². The standard InChI is InChI=1S/C19H15ClN2O/c20-18-11-4-2-7-16(18)13-21-22-19(23)12-15-9-5-8-14-6-1-3-10-17(14)15/h1-11,13H,12H2,(H,22,23). The van der Waals surface area contributed by atoms with E-state index in [1.807, 2.05) is 60.7 Å². The van der Waals surface area contributed by atoms with Gasteiger partial charge in [-0.2, -0.15) is 5.10 Å². The molecule has 1 N–H and O–H groups in total. The topological polar surface area (TPSA) is 41.5 Å². The summed E-state index contributed by atoms with van der Waals surface area (Å²) in [5.74, 6) is -0.162. The molecule has 0 heterocycles. The minimum absolute atomic E-state index is 0.162. The molecule has 0 fully saturated rings. The van der Waals surface area contributed by atoms with E-state index in [0.29, 0.717) is 5.02 Å². The highest BCUT2D eigenvalue weighted by atomic mass is 35.5. The molecule has 23 heavy (non-hydrogen) atoms. The van der Waals surface area contributed by atoms with Gasteiger partial charge in [-0.1, -0.05) is 72.3 Å². The second kappa shape index (κ2) is 7.07. The number of fused-ring (bicyclic) bond motifs is 1. The molecule has 0 saturated carbocycles. The Balaban J connectivity index is 1.69. The zero-order valence-corrected chi connectivity index (χ0v) is 13.1. The summed E-state index contributed by atoms with van der Waals surface area (Å²) >= 11 is 6.03. The average molecular weight is 323 g/mol. The van der Waals surface area contributed by atoms with Crippen molar-refractivity contribution in [2.45, 2.75) is 6.42 Å². The number of rotatable bonds is 4. The highest BCUT2D eigenvalue weighted by Gasteiger charge is 2.06. The lowest BCUT2D eigenvalue weighted by molar-refractivity contribution is -0.120. The van der Waals surface area contributed by atoms with E-state index in [9.17, 15) is 4.79 Å². The molecule has 3 rings (SSSR count). The fraction of sp³-hybridized carbons (Fsp3) is 0.0526. The maximum atomic E-state index is 12.1. The molecule has 3 nitrogen and oxygen atoms in total. The number of benzene rings is 3. The van der Waals surface area contributed by atoms with Gasteiger partial charge in [-0.05, 0) is 22.4 Å². The van der Waals surface area contributed by atoms with E-state index >= 15 is 0 Å². The van der Waals surface area contributed by atoms with E-state index in [2.05, 4.69) is 10.5 Å². The first-order valence-corrected chi connectivity index (χ1v) is 7.65. The predicted molar refractivity (Wildman–Crippen MR) is 94.8 cm³/mol. The molecule has 0 bridgehead atoms. The van der Waals surface area contributed by atoms with Crippen molar-refractivity contribution in [1.29, 1.82) is 0 Å². The van der Waals surface area contributed by atoms with Gasteiger partial charge in [-0.15, -0.1) is 0 Å². The molecule has 3 aromatic rings. The number of halogens is 1. The molecule has 1 amide bonds. The number of carbonyl (C=O) groups is 1. The molecule has 0 aromatic heterocycles. The summed E-state index contributed by atoms with van der Waals surface area (Å²) in [7, 11) is 0. The van der Waals surface area contributed by atoms with Crippen molar-refractivity contribution in [3.63, 3.8) is 0 Å². The van der Waals surface area contributed by atoms with Crippen molar-refractivity contribution in [2.75, 3.05) is 0 Å². The van der Waals surface area contributed by atoms with Gasteiger partial charge in [0.15, 0.2) is 0 Å². The number of amides is 1. The molecule has 0 aliphatic carbocycles. The average Bonchev–Trinajstić information content (AvgIpc) is 2.57. The van der Waals surface area contributed by atoms with E-state index < -0.39 is 0 Å². The molecule has 0 aliphatic heterocycles. The first-order valence-electron chi connectivity index (χ1n) is 7.27. The molecule has 0 saturated heterocycles. The first-order chi connectivity index (χ1) is 11.2. The lowest BCUT2D eigenvalue weighted by atomic mass is 10.0. The van der Waals surface area contributed by atoms with Gasteiger partial charge in [-0.25, -0.2) is 5.43 Å². The van der Waals surface area contributed by atoms with Crippen molar-refractivity contribution in [2.24, 2.45) is 5.10 Å². The Morgan fingerprint density at radius 1 is 1.00 bits per heavy atom. The van der Waals surface area contributed by atoms with Gasteiger partial charge >= 0.3 is 0 Å². The Kier molecular flexibility index (Phi) is 4.69. The highest BCUT2D eigenvalue weighted by Crippen LogP contribution is 2.18. The minimum Gasteiger partial charge on any atom is -0.273 e. The summed E-state index contributed by atoms with van der Waals surface area (Å²) in [6, 6.07) is 21.3. The van der Waals surface area contributed by atoms with Crippen LogP contribution in [-0.4, -0.2) is 12.1 Å². The second-order valence-electron chi connectivity index (χ2n) is 5.13. The van der Waals surface area contributed by atoms with Crippen molar-refractivity contribution in [1.82, 2.24) is 5.43 Å². The zero-order valence-electron chi connectivity index (χ0n) is 12.4. The maximum absolute atomic E-state index is 12.1. The van der Waals surface area contributed by atoms with Crippen LogP contribution in [-0.2, 0) is 11.2 Å². The molecule has 3 aromatic carbocycles. The van der Waals surface area contributed by atoms with Gasteiger partial charge < -0.3 is 0 Å². The lowest BCUT2D eigenvalue weighted by Crippen LogP contribution is -2.19. The van der Waals surface area contributed by atoms with Gasteiger partial charge in [0.1, 0.15) is 0 Å². The first kappa shape index (κ1) is 15.3. The predicted octanol–water partition coefficient (Wildman–Crippen LogP) is 4.19. The second-order valence-corrected chi connectivity index (χ2v) is 5.54. The van der Waals surface area contributed by atoms with Crippen LogP contribution >= 0.6 is 11.6 Å².